The fourth-order valence-electron chi connectivity index (χ4n) is 0. The molecule has 0 aromatic carbocycles. The molecule has 0 fully saturated rings. The first-order valence-corrected chi connectivity index (χ1v) is 2.54. The largest absolute Gasteiger partial charge is 1.00 e. The van der Waals surface area contributed by atoms with Crippen LogP contribution in [-0.4, -0.2) is 0 Å². The van der Waals surface area contributed by atoms with Gasteiger partial charge < -0.3 is 0 Å². The molecule has 0 saturated carbocycles. The fraction of sp³-hybridized carbons (Fsp3) is 0. The van der Waals surface area contributed by atoms with Gasteiger partial charge in [0.15, 0.2) is 0 Å². The zero-order chi connectivity index (χ0) is 5.45. The molecule has 0 nitrogen and oxygen atoms in total. The van der Waals surface area contributed by atoms with Crippen LogP contribution in [0.1, 0.15) is 1.43 Å². The van der Waals surface area contributed by atoms with E-state index < -0.39 is 8.16 Å². The smallest absolute Gasteiger partial charge is 1.00 e. The molecular formula is HF5P+. The van der Waals surface area contributed by atoms with E-state index in [2.05, 4.69) is 0 Å². The molecule has 0 spiro atoms. The van der Waals surface area contributed by atoms with E-state index in [9.17, 15) is 21.0 Å². The maximum Gasteiger partial charge on any atom is 1.00 e. The van der Waals surface area contributed by atoms with E-state index in [1.807, 2.05) is 0 Å². The first kappa shape index (κ1) is 6.08. The summed E-state index contributed by atoms with van der Waals surface area (Å²) in [4.78, 5) is 0. The second-order valence-electron chi connectivity index (χ2n) is 0.639. The summed E-state index contributed by atoms with van der Waals surface area (Å²) in [5.41, 5.74) is 0. The molecule has 6 heavy (non-hydrogen) atoms. The van der Waals surface area contributed by atoms with E-state index in [4.69, 9.17) is 0 Å². The maximum absolute atomic E-state index is 9.84. The van der Waals surface area contributed by atoms with E-state index in [0.29, 0.717) is 0 Å². The van der Waals surface area contributed by atoms with Crippen LogP contribution in [0.5, 0.6) is 0 Å². The van der Waals surface area contributed by atoms with Gasteiger partial charge in [0.2, 0.25) is 0 Å². The normalized spacial score (nSPS) is 19.2. The molecule has 0 amide bonds. The van der Waals surface area contributed by atoms with Crippen LogP contribution in [0.3, 0.4) is 0 Å². The van der Waals surface area contributed by atoms with E-state index >= 15 is 0 Å². The average molecular weight is 127 g/mol. The van der Waals surface area contributed by atoms with Gasteiger partial charge in [0.05, 0.1) is 0 Å². The number of hydrogen-bond acceptors (Lipinski definition) is 0. The second-order valence-corrected chi connectivity index (χ2v) is 1.92. The van der Waals surface area contributed by atoms with E-state index in [1.165, 1.54) is 0 Å². The minimum Gasteiger partial charge on any atom is 1.00 e. The van der Waals surface area contributed by atoms with E-state index in [0.717, 1.165) is 0 Å². The van der Waals surface area contributed by atoms with Crippen LogP contribution < -0.4 is 0 Å². The average Bonchev–Trinajstić information content (AvgIpc) is 0.650. The van der Waals surface area contributed by atoms with Crippen LogP contribution in [0, 0.1) is 0 Å². The molecule has 0 rings (SSSR count). The predicted molar refractivity (Wildman–Crippen MR) is 13.6 cm³/mol. The molecule has 6 heteroatoms. The molecule has 0 atom stereocenters. The third-order valence-corrected chi connectivity index (χ3v) is 0. The van der Waals surface area contributed by atoms with Gasteiger partial charge in [-0.1, -0.05) is 0 Å². The number of rotatable bonds is 0. The quantitative estimate of drug-likeness (QED) is 0.346. The van der Waals surface area contributed by atoms with Gasteiger partial charge in [-0.25, -0.2) is 0 Å². The molecule has 0 aliphatic heterocycles. The van der Waals surface area contributed by atoms with Crippen LogP contribution in [-0.2, 0) is 0 Å². The standard InChI is InChI=1S/F5P/c1-6(2,3,4)5/p+1. The molecule has 0 aliphatic rings. The topological polar surface area (TPSA) is 0 Å². The Morgan fingerprint density at radius 3 is 0.833 bits per heavy atom. The Kier molecular flexibility index (Phi) is 0.843. The molecule has 0 aliphatic carbocycles. The summed E-state index contributed by atoms with van der Waals surface area (Å²) >= 11 is 0. The van der Waals surface area contributed by atoms with Gasteiger partial charge in [0.25, 0.3) is 0 Å². The van der Waals surface area contributed by atoms with Crippen molar-refractivity contribution in [3.8, 4) is 0 Å². The Labute approximate surface area is 32.0 Å². The minimum absolute atomic E-state index is 0. The Hall–Kier alpha value is 0.0800. The van der Waals surface area contributed by atoms with Crippen molar-refractivity contribution in [2.24, 2.45) is 0 Å². The van der Waals surface area contributed by atoms with Crippen LogP contribution in [0.4, 0.5) is 21.0 Å². The van der Waals surface area contributed by atoms with Crippen molar-refractivity contribution in [1.82, 2.24) is 0 Å². The molecular weight excluding hydrogens is 126 g/mol. The Balaban J connectivity index is 0. The van der Waals surface area contributed by atoms with E-state index in [1.54, 1.807) is 0 Å². The number of halogens is 5. The van der Waals surface area contributed by atoms with Gasteiger partial charge in [-0.3, -0.25) is 0 Å². The van der Waals surface area contributed by atoms with Crippen molar-refractivity contribution in [2.75, 3.05) is 0 Å². The monoisotopic (exact) mass is 127 g/mol. The summed E-state index contributed by atoms with van der Waals surface area (Å²) in [7, 11) is -8.55. The van der Waals surface area contributed by atoms with Crippen LogP contribution in [0.15, 0.2) is 0 Å². The van der Waals surface area contributed by atoms with Crippen molar-refractivity contribution >= 4 is 8.16 Å². The SMILES string of the molecule is FP(F)(F)(F)F.[H+]. The van der Waals surface area contributed by atoms with Gasteiger partial charge in [-0.15, -0.1) is 0 Å². The van der Waals surface area contributed by atoms with Crippen LogP contribution >= 0.6 is 8.16 Å². The van der Waals surface area contributed by atoms with Crippen molar-refractivity contribution < 1.29 is 22.4 Å². The van der Waals surface area contributed by atoms with Crippen LogP contribution in [0.25, 0.3) is 0 Å². The van der Waals surface area contributed by atoms with Gasteiger partial charge in [0.1, 0.15) is 0 Å². The fourth-order valence-corrected chi connectivity index (χ4v) is 0. The maximum atomic E-state index is 9.84. The van der Waals surface area contributed by atoms with Gasteiger partial charge in [-0.05, 0) is 0 Å². The zero-order valence-electron chi connectivity index (χ0n) is 3.34. The summed E-state index contributed by atoms with van der Waals surface area (Å²) in [5.74, 6) is 0. The minimum atomic E-state index is -8.55. The first-order valence-electron chi connectivity index (χ1n) is 0.845. The molecule has 0 aromatic rings. The molecule has 0 radical (unpaired) electrons. The van der Waals surface area contributed by atoms with Gasteiger partial charge in [-0.2, -0.15) is 0 Å². The van der Waals surface area contributed by atoms with E-state index in [-0.39, 0.29) is 1.43 Å². The summed E-state index contributed by atoms with van der Waals surface area (Å²) in [6.45, 7) is 0. The molecule has 0 saturated heterocycles. The third kappa shape index (κ3) is 6050. The van der Waals surface area contributed by atoms with Crippen molar-refractivity contribution in [2.45, 2.75) is 0 Å². The molecule has 0 aromatic heterocycles. The second kappa shape index (κ2) is 0.832. The van der Waals surface area contributed by atoms with Crippen molar-refractivity contribution in [1.29, 1.82) is 0 Å². The van der Waals surface area contributed by atoms with Gasteiger partial charge >= 0.3 is 30.6 Å². The summed E-state index contributed by atoms with van der Waals surface area (Å²) in [6, 6.07) is 0. The summed E-state index contributed by atoms with van der Waals surface area (Å²) in [6.07, 6.45) is 0. The van der Waals surface area contributed by atoms with Gasteiger partial charge in [0, 0.05) is 0 Å². The Bertz CT molecular complexity index is 41.3. The third-order valence-electron chi connectivity index (χ3n) is 0. The first-order chi connectivity index (χ1) is 2.24. The van der Waals surface area contributed by atoms with Crippen molar-refractivity contribution in [3.63, 3.8) is 0 Å². The summed E-state index contributed by atoms with van der Waals surface area (Å²) < 4.78 is 49.2. The van der Waals surface area contributed by atoms with Crippen molar-refractivity contribution in [3.05, 3.63) is 0 Å². The predicted octanol–water partition coefficient (Wildman–Crippen LogP) is 3.07. The number of hydrogen-bond donors (Lipinski definition) is 0. The molecule has 0 bridgehead atoms. The Morgan fingerprint density at radius 2 is 0.833 bits per heavy atom. The Morgan fingerprint density at radius 1 is 0.833 bits per heavy atom. The van der Waals surface area contributed by atoms with Crippen LogP contribution in [0.2, 0.25) is 0 Å². The molecule has 40 valence electrons. The zero-order valence-corrected chi connectivity index (χ0v) is 3.23. The molecule has 0 heterocycles. The summed E-state index contributed by atoms with van der Waals surface area (Å²) in [5, 5.41) is 0. The molecule has 0 unspecified atom stereocenters. The molecule has 0 N–H and O–H groups in total.